The summed E-state index contributed by atoms with van der Waals surface area (Å²) < 4.78 is 13.7. The average molecular weight is 424 g/mol. The van der Waals surface area contributed by atoms with E-state index in [0.29, 0.717) is 12.1 Å². The summed E-state index contributed by atoms with van der Waals surface area (Å²) in [5.74, 6) is -1.99. The number of halogens is 1. The van der Waals surface area contributed by atoms with Crippen LogP contribution in [0.4, 0.5) is 15.8 Å². The SMILES string of the molecule is Cc1ccc(NC(=O)C(=O)NC[C@@H](c2cccs2)N2CCc3ccccc32)cc1F. The largest absolute Gasteiger partial charge is 0.361 e. The number of nitrogens with zero attached hydrogens (tertiary/aromatic N) is 1. The lowest BCUT2D eigenvalue weighted by Crippen LogP contribution is -2.41. The van der Waals surface area contributed by atoms with Gasteiger partial charge in [-0.25, -0.2) is 4.39 Å². The standard InChI is InChI=1S/C23H22FN3O2S/c1-15-8-9-17(13-18(15)24)26-23(29)22(28)25-14-20(21-7-4-12-30-21)27-11-10-16-5-2-3-6-19(16)27/h2-9,12-13,20H,10-11,14H2,1H3,(H,25,28)(H,26,29)/t20-/m0/s1. The van der Waals surface area contributed by atoms with E-state index < -0.39 is 17.6 Å². The van der Waals surface area contributed by atoms with Crippen LogP contribution in [-0.4, -0.2) is 24.9 Å². The number of fused-ring (bicyclic) bond motifs is 1. The summed E-state index contributed by atoms with van der Waals surface area (Å²) in [5, 5.41) is 7.20. The van der Waals surface area contributed by atoms with Crippen LogP contribution < -0.4 is 15.5 Å². The summed E-state index contributed by atoms with van der Waals surface area (Å²) in [6.45, 7) is 2.78. The van der Waals surface area contributed by atoms with Crippen molar-refractivity contribution in [3.63, 3.8) is 0 Å². The molecule has 4 rings (SSSR count). The van der Waals surface area contributed by atoms with Gasteiger partial charge in [-0.1, -0.05) is 30.3 Å². The van der Waals surface area contributed by atoms with Crippen molar-refractivity contribution in [1.82, 2.24) is 5.32 Å². The van der Waals surface area contributed by atoms with Gasteiger partial charge in [0.2, 0.25) is 0 Å². The molecule has 2 aromatic carbocycles. The van der Waals surface area contributed by atoms with Crippen LogP contribution in [0.15, 0.2) is 60.0 Å². The Morgan fingerprint density at radius 1 is 1.13 bits per heavy atom. The first kappa shape index (κ1) is 20.1. The fourth-order valence-corrected chi connectivity index (χ4v) is 4.50. The average Bonchev–Trinajstić information content (AvgIpc) is 3.42. The minimum absolute atomic E-state index is 0.0674. The van der Waals surface area contributed by atoms with Gasteiger partial charge in [0, 0.05) is 29.3 Å². The molecule has 1 aliphatic heterocycles. The molecule has 2 amide bonds. The fraction of sp³-hybridized carbons (Fsp3) is 0.217. The molecule has 154 valence electrons. The van der Waals surface area contributed by atoms with Crippen molar-refractivity contribution < 1.29 is 14.0 Å². The van der Waals surface area contributed by atoms with Crippen LogP contribution in [0.5, 0.6) is 0 Å². The third kappa shape index (κ3) is 4.21. The molecular weight excluding hydrogens is 401 g/mol. The molecule has 7 heteroatoms. The number of hydrogen-bond donors (Lipinski definition) is 2. The molecule has 5 nitrogen and oxygen atoms in total. The van der Waals surface area contributed by atoms with Crippen molar-refractivity contribution in [2.24, 2.45) is 0 Å². The van der Waals surface area contributed by atoms with Crippen LogP contribution in [0.1, 0.15) is 22.0 Å². The van der Waals surface area contributed by atoms with Crippen LogP contribution >= 0.6 is 11.3 Å². The molecule has 1 aromatic heterocycles. The molecule has 0 radical (unpaired) electrons. The Hall–Kier alpha value is -3.19. The molecule has 0 saturated carbocycles. The third-order valence-corrected chi connectivity index (χ3v) is 6.24. The van der Waals surface area contributed by atoms with Gasteiger partial charge in [0.05, 0.1) is 6.04 Å². The van der Waals surface area contributed by atoms with Gasteiger partial charge < -0.3 is 15.5 Å². The second-order valence-corrected chi connectivity index (χ2v) is 8.21. The van der Waals surface area contributed by atoms with Gasteiger partial charge >= 0.3 is 11.8 Å². The zero-order valence-electron chi connectivity index (χ0n) is 16.5. The first-order chi connectivity index (χ1) is 14.5. The Bertz CT molecular complexity index is 1070. The first-order valence-electron chi connectivity index (χ1n) is 9.76. The van der Waals surface area contributed by atoms with Gasteiger partial charge in [0.1, 0.15) is 5.82 Å². The van der Waals surface area contributed by atoms with E-state index in [9.17, 15) is 14.0 Å². The molecule has 30 heavy (non-hydrogen) atoms. The first-order valence-corrected chi connectivity index (χ1v) is 10.6. The van der Waals surface area contributed by atoms with E-state index in [0.717, 1.165) is 23.5 Å². The monoisotopic (exact) mass is 423 g/mol. The van der Waals surface area contributed by atoms with Crippen molar-refractivity contribution >= 4 is 34.5 Å². The lowest BCUT2D eigenvalue weighted by Gasteiger charge is -2.30. The molecule has 0 spiro atoms. The Balaban J connectivity index is 1.44. The molecule has 0 bridgehead atoms. The summed E-state index contributed by atoms with van der Waals surface area (Å²) in [6, 6.07) is 16.5. The molecular formula is C23H22FN3O2S. The quantitative estimate of drug-likeness (QED) is 0.609. The van der Waals surface area contributed by atoms with Gasteiger partial charge in [-0.15, -0.1) is 11.3 Å². The summed E-state index contributed by atoms with van der Waals surface area (Å²) in [4.78, 5) is 28.1. The molecule has 1 aliphatic rings. The number of anilines is 2. The fourth-order valence-electron chi connectivity index (χ4n) is 3.66. The number of hydrogen-bond acceptors (Lipinski definition) is 4. The minimum atomic E-state index is -0.815. The van der Waals surface area contributed by atoms with Gasteiger partial charge in [-0.3, -0.25) is 9.59 Å². The smallest absolute Gasteiger partial charge is 0.313 e. The number of amides is 2. The molecule has 1 atom stereocenters. The molecule has 0 unspecified atom stereocenters. The Morgan fingerprint density at radius 2 is 1.97 bits per heavy atom. The minimum Gasteiger partial charge on any atom is -0.361 e. The van der Waals surface area contributed by atoms with Gasteiger partial charge in [-0.05, 0) is 54.1 Å². The Morgan fingerprint density at radius 3 is 2.73 bits per heavy atom. The lowest BCUT2D eigenvalue weighted by atomic mass is 10.1. The Labute approximate surface area is 178 Å². The van der Waals surface area contributed by atoms with Crippen LogP contribution in [0.25, 0.3) is 0 Å². The highest BCUT2D eigenvalue weighted by atomic mass is 32.1. The number of carbonyl (C=O) groups excluding carboxylic acids is 2. The number of thiophene rings is 1. The van der Waals surface area contributed by atoms with E-state index in [4.69, 9.17) is 0 Å². The second-order valence-electron chi connectivity index (χ2n) is 7.23. The third-order valence-electron chi connectivity index (χ3n) is 5.26. The summed E-state index contributed by atoms with van der Waals surface area (Å²) in [5.41, 5.74) is 3.16. The van der Waals surface area contributed by atoms with Crippen molar-refractivity contribution in [2.75, 3.05) is 23.3 Å². The molecule has 0 saturated heterocycles. The molecule has 0 aliphatic carbocycles. The predicted octanol–water partition coefficient (Wildman–Crippen LogP) is 4.05. The lowest BCUT2D eigenvalue weighted by molar-refractivity contribution is -0.136. The van der Waals surface area contributed by atoms with Crippen LogP contribution in [-0.2, 0) is 16.0 Å². The van der Waals surface area contributed by atoms with E-state index in [1.807, 2.05) is 29.6 Å². The number of benzene rings is 2. The number of aryl methyl sites for hydroxylation is 1. The highest BCUT2D eigenvalue weighted by Gasteiger charge is 2.28. The maximum atomic E-state index is 13.7. The highest BCUT2D eigenvalue weighted by Crippen LogP contribution is 2.36. The number of nitrogens with one attached hydrogen (secondary N) is 2. The summed E-state index contributed by atoms with van der Waals surface area (Å²) in [7, 11) is 0. The summed E-state index contributed by atoms with van der Waals surface area (Å²) in [6.07, 6.45) is 0.950. The van der Waals surface area contributed by atoms with Crippen LogP contribution in [0.2, 0.25) is 0 Å². The molecule has 3 aromatic rings. The number of carbonyl (C=O) groups is 2. The van der Waals surface area contributed by atoms with Crippen molar-refractivity contribution in [3.8, 4) is 0 Å². The van der Waals surface area contributed by atoms with E-state index in [1.165, 1.54) is 11.6 Å². The van der Waals surface area contributed by atoms with E-state index in [-0.39, 0.29) is 11.7 Å². The topological polar surface area (TPSA) is 61.4 Å². The van der Waals surface area contributed by atoms with Crippen molar-refractivity contribution in [3.05, 3.63) is 81.8 Å². The predicted molar refractivity (Wildman–Crippen MR) is 117 cm³/mol. The van der Waals surface area contributed by atoms with Gasteiger partial charge in [0.25, 0.3) is 0 Å². The normalized spacial score (nSPS) is 13.6. The maximum Gasteiger partial charge on any atom is 0.313 e. The van der Waals surface area contributed by atoms with E-state index >= 15 is 0 Å². The maximum absolute atomic E-state index is 13.7. The zero-order valence-corrected chi connectivity index (χ0v) is 17.3. The van der Waals surface area contributed by atoms with E-state index in [1.54, 1.807) is 30.4 Å². The van der Waals surface area contributed by atoms with Crippen molar-refractivity contribution in [1.29, 1.82) is 0 Å². The molecule has 2 N–H and O–H groups in total. The Kier molecular flexibility index (Phi) is 5.81. The second kappa shape index (κ2) is 8.67. The van der Waals surface area contributed by atoms with Gasteiger partial charge in [0.15, 0.2) is 0 Å². The molecule has 2 heterocycles. The molecule has 0 fully saturated rings. The highest BCUT2D eigenvalue weighted by molar-refractivity contribution is 7.10. The number of para-hydroxylation sites is 1. The van der Waals surface area contributed by atoms with Gasteiger partial charge in [-0.2, -0.15) is 0 Å². The zero-order chi connectivity index (χ0) is 21.1. The number of rotatable bonds is 5. The van der Waals surface area contributed by atoms with Crippen LogP contribution in [0, 0.1) is 12.7 Å². The van der Waals surface area contributed by atoms with Crippen LogP contribution in [0.3, 0.4) is 0 Å². The van der Waals surface area contributed by atoms with E-state index in [2.05, 4.69) is 27.7 Å². The summed E-state index contributed by atoms with van der Waals surface area (Å²) >= 11 is 1.62. The van der Waals surface area contributed by atoms with Crippen molar-refractivity contribution in [2.45, 2.75) is 19.4 Å².